The minimum absolute atomic E-state index is 0.736. The molecule has 0 aromatic heterocycles. The van der Waals surface area contributed by atoms with Gasteiger partial charge in [0.1, 0.15) is 0 Å². The number of rotatable bonds is 8. The zero-order valence-electron chi connectivity index (χ0n) is 13.6. The van der Waals surface area contributed by atoms with Gasteiger partial charge in [0, 0.05) is 6.42 Å². The number of quaternary nitrogens is 2. The van der Waals surface area contributed by atoms with E-state index in [-0.39, 0.29) is 0 Å². The molecule has 2 atom stereocenters. The van der Waals surface area contributed by atoms with Crippen LogP contribution in [0.15, 0.2) is 0 Å². The van der Waals surface area contributed by atoms with Crippen LogP contribution >= 0.6 is 0 Å². The van der Waals surface area contributed by atoms with Crippen molar-refractivity contribution in [3.8, 4) is 0 Å². The van der Waals surface area contributed by atoms with Gasteiger partial charge >= 0.3 is 0 Å². The number of nitrogens with zero attached hydrogens (tertiary/aromatic N) is 2. The van der Waals surface area contributed by atoms with Crippen molar-refractivity contribution in [2.24, 2.45) is 0 Å². The molecule has 0 aromatic rings. The van der Waals surface area contributed by atoms with Crippen molar-refractivity contribution in [2.75, 3.05) is 40.3 Å². The highest BCUT2D eigenvalue weighted by Crippen LogP contribution is 2.15. The lowest BCUT2D eigenvalue weighted by Crippen LogP contribution is -2.54. The molecule has 0 aliphatic heterocycles. The summed E-state index contributed by atoms with van der Waals surface area (Å²) >= 11 is 0. The van der Waals surface area contributed by atoms with E-state index in [1.54, 1.807) is 0 Å². The van der Waals surface area contributed by atoms with Gasteiger partial charge in [-0.25, -0.2) is 0 Å². The van der Waals surface area contributed by atoms with Crippen LogP contribution in [0.3, 0.4) is 0 Å². The molecule has 0 N–H and O–H groups in total. The summed E-state index contributed by atoms with van der Waals surface area (Å²) in [6.07, 6.45) is 1.34. The number of hydrogen-bond donors (Lipinski definition) is 0. The smallest absolute Gasteiger partial charge is 0.0840 e. The van der Waals surface area contributed by atoms with Gasteiger partial charge in [-0.05, 0) is 41.5 Å². The Bertz CT molecular complexity index is 191. The highest BCUT2D eigenvalue weighted by molar-refractivity contribution is 4.48. The Morgan fingerprint density at radius 3 is 1.18 bits per heavy atom. The largest absolute Gasteiger partial charge is 0.324 e. The van der Waals surface area contributed by atoms with Crippen LogP contribution in [0.4, 0.5) is 0 Å². The molecule has 0 aliphatic carbocycles. The normalized spacial score (nSPS) is 19.4. The van der Waals surface area contributed by atoms with E-state index in [0.29, 0.717) is 0 Å². The lowest BCUT2D eigenvalue weighted by Gasteiger charge is -2.41. The third-order valence-electron chi connectivity index (χ3n) is 5.28. The van der Waals surface area contributed by atoms with Crippen LogP contribution in [0.2, 0.25) is 0 Å². The average Bonchev–Trinajstić information content (AvgIpc) is 2.27. The van der Waals surface area contributed by atoms with Crippen molar-refractivity contribution in [1.29, 1.82) is 0 Å². The Kier molecular flexibility index (Phi) is 6.71. The van der Waals surface area contributed by atoms with Crippen LogP contribution < -0.4 is 0 Å². The van der Waals surface area contributed by atoms with Crippen molar-refractivity contribution < 1.29 is 8.97 Å². The summed E-state index contributed by atoms with van der Waals surface area (Å²) in [7, 11) is 4.80. The fourth-order valence-corrected chi connectivity index (χ4v) is 2.36. The Balaban J connectivity index is 4.30. The minimum atomic E-state index is 0.736. The second-order valence-electron chi connectivity index (χ2n) is 6.58. The third kappa shape index (κ3) is 4.59. The van der Waals surface area contributed by atoms with Gasteiger partial charge in [0.05, 0.1) is 52.4 Å². The maximum Gasteiger partial charge on any atom is 0.0840 e. The average molecular weight is 244 g/mol. The summed E-state index contributed by atoms with van der Waals surface area (Å²) in [4.78, 5) is 0. The molecule has 0 amide bonds. The second-order valence-corrected chi connectivity index (χ2v) is 6.58. The van der Waals surface area contributed by atoms with E-state index >= 15 is 0 Å². The number of hydrogen-bond acceptors (Lipinski definition) is 0. The van der Waals surface area contributed by atoms with E-state index in [2.05, 4.69) is 55.6 Å². The molecule has 2 heteroatoms. The van der Waals surface area contributed by atoms with E-state index in [9.17, 15) is 0 Å². The second kappa shape index (κ2) is 6.75. The zero-order valence-corrected chi connectivity index (χ0v) is 13.6. The molecule has 0 saturated carbocycles. The molecule has 2 unspecified atom stereocenters. The van der Waals surface area contributed by atoms with E-state index in [0.717, 1.165) is 12.1 Å². The standard InChI is InChI=1S/C15H36N2/c1-9-16(7,14(3)4)12-11-13-17(8,10-2)15(5)6/h14-15H,9-13H2,1-8H3/q+2. The summed E-state index contributed by atoms with van der Waals surface area (Å²) < 4.78 is 2.42. The molecule has 0 spiro atoms. The molecule has 0 radical (unpaired) electrons. The van der Waals surface area contributed by atoms with Crippen molar-refractivity contribution in [2.45, 2.75) is 60.0 Å². The van der Waals surface area contributed by atoms with E-state index < -0.39 is 0 Å². The fraction of sp³-hybridized carbons (Fsp3) is 1.00. The fourth-order valence-electron chi connectivity index (χ4n) is 2.36. The van der Waals surface area contributed by atoms with Crippen LogP contribution in [-0.2, 0) is 0 Å². The topological polar surface area (TPSA) is 0 Å². The van der Waals surface area contributed by atoms with E-state index in [4.69, 9.17) is 0 Å². The van der Waals surface area contributed by atoms with Crippen LogP contribution in [0.25, 0.3) is 0 Å². The van der Waals surface area contributed by atoms with Crippen molar-refractivity contribution >= 4 is 0 Å². The molecular formula is C15H36N2+2. The van der Waals surface area contributed by atoms with Crippen LogP contribution in [0, 0.1) is 0 Å². The Morgan fingerprint density at radius 2 is 1.00 bits per heavy atom. The first-order valence-electron chi connectivity index (χ1n) is 7.40. The molecule has 0 aliphatic rings. The van der Waals surface area contributed by atoms with Crippen molar-refractivity contribution in [3.05, 3.63) is 0 Å². The quantitative estimate of drug-likeness (QED) is 0.576. The molecule has 0 aromatic carbocycles. The highest BCUT2D eigenvalue weighted by Gasteiger charge is 2.27. The summed E-state index contributed by atoms with van der Waals surface area (Å²) in [5.41, 5.74) is 0. The van der Waals surface area contributed by atoms with Crippen LogP contribution in [0.1, 0.15) is 48.0 Å². The lowest BCUT2D eigenvalue weighted by molar-refractivity contribution is -0.946. The molecule has 0 heterocycles. The summed E-state index contributed by atoms with van der Waals surface area (Å²) in [6.45, 7) is 19.1. The van der Waals surface area contributed by atoms with Crippen molar-refractivity contribution in [1.82, 2.24) is 0 Å². The van der Waals surface area contributed by atoms with Gasteiger partial charge in [-0.2, -0.15) is 0 Å². The van der Waals surface area contributed by atoms with Gasteiger partial charge in [-0.15, -0.1) is 0 Å². The molecule has 0 bridgehead atoms. The molecule has 0 rings (SSSR count). The monoisotopic (exact) mass is 244 g/mol. The summed E-state index contributed by atoms with van der Waals surface area (Å²) in [5.74, 6) is 0. The Labute approximate surface area is 110 Å². The molecular weight excluding hydrogens is 208 g/mol. The van der Waals surface area contributed by atoms with E-state index in [1.807, 2.05) is 0 Å². The third-order valence-corrected chi connectivity index (χ3v) is 5.28. The molecule has 0 fully saturated rings. The van der Waals surface area contributed by atoms with Gasteiger partial charge in [0.25, 0.3) is 0 Å². The van der Waals surface area contributed by atoms with E-state index in [1.165, 1.54) is 41.6 Å². The zero-order chi connectivity index (χ0) is 13.7. The van der Waals surface area contributed by atoms with Gasteiger partial charge in [-0.3, -0.25) is 0 Å². The molecule has 0 saturated heterocycles. The van der Waals surface area contributed by atoms with Gasteiger partial charge < -0.3 is 8.97 Å². The Hall–Kier alpha value is -0.0800. The maximum absolute atomic E-state index is 2.40. The predicted molar refractivity (Wildman–Crippen MR) is 78.1 cm³/mol. The molecule has 104 valence electrons. The molecule has 2 nitrogen and oxygen atoms in total. The Morgan fingerprint density at radius 1 is 0.706 bits per heavy atom. The van der Waals surface area contributed by atoms with Crippen LogP contribution in [0.5, 0.6) is 0 Å². The first kappa shape index (κ1) is 16.9. The lowest BCUT2D eigenvalue weighted by atomic mass is 10.2. The maximum atomic E-state index is 2.40. The SMILES string of the molecule is CC[N+](C)(CCC[N+](C)(CC)C(C)C)C(C)C. The van der Waals surface area contributed by atoms with Gasteiger partial charge in [0.2, 0.25) is 0 Å². The first-order chi connectivity index (χ1) is 7.72. The predicted octanol–water partition coefficient (Wildman–Crippen LogP) is 3.13. The summed E-state index contributed by atoms with van der Waals surface area (Å²) in [6, 6.07) is 1.47. The minimum Gasteiger partial charge on any atom is -0.324 e. The molecule has 17 heavy (non-hydrogen) atoms. The first-order valence-corrected chi connectivity index (χ1v) is 7.40. The van der Waals surface area contributed by atoms with Gasteiger partial charge in [-0.1, -0.05) is 0 Å². The van der Waals surface area contributed by atoms with Gasteiger partial charge in [0.15, 0.2) is 0 Å². The van der Waals surface area contributed by atoms with Crippen LogP contribution in [-0.4, -0.2) is 61.3 Å². The highest BCUT2D eigenvalue weighted by atomic mass is 15.4. The summed E-state index contributed by atoms with van der Waals surface area (Å²) in [5, 5.41) is 0. The van der Waals surface area contributed by atoms with Crippen molar-refractivity contribution in [3.63, 3.8) is 0 Å².